The Balaban J connectivity index is 1.68. The van der Waals surface area contributed by atoms with E-state index in [0.717, 1.165) is 0 Å². The van der Waals surface area contributed by atoms with E-state index in [1.807, 2.05) is 13.0 Å². The highest BCUT2D eigenvalue weighted by atomic mass is 35.5. The number of halogens is 1. The maximum Gasteiger partial charge on any atom is 0.265 e. The van der Waals surface area contributed by atoms with Gasteiger partial charge in [0.1, 0.15) is 0 Å². The second-order valence-corrected chi connectivity index (χ2v) is 8.91. The summed E-state index contributed by atoms with van der Waals surface area (Å²) in [7, 11) is -2.28. The van der Waals surface area contributed by atoms with Gasteiger partial charge in [-0.05, 0) is 61.0 Å². The Hall–Kier alpha value is -3.23. The minimum Gasteiger partial charge on any atom is -0.493 e. The Labute approximate surface area is 192 Å². The van der Waals surface area contributed by atoms with Crippen LogP contribution in [-0.4, -0.2) is 27.5 Å². The number of rotatable bonds is 9. The predicted octanol–water partition coefficient (Wildman–Crippen LogP) is 4.95. The van der Waals surface area contributed by atoms with E-state index < -0.39 is 16.1 Å². The first-order valence-electron chi connectivity index (χ1n) is 9.81. The zero-order valence-corrected chi connectivity index (χ0v) is 19.1. The summed E-state index contributed by atoms with van der Waals surface area (Å²) < 4.78 is 38.7. The first-order chi connectivity index (χ1) is 15.3. The first-order valence-corrected chi connectivity index (χ1v) is 11.7. The summed E-state index contributed by atoms with van der Waals surface area (Å²) in [5.41, 5.74) is 0.799. The van der Waals surface area contributed by atoms with Crippen molar-refractivity contribution in [3.63, 3.8) is 0 Å². The SMILES string of the molecule is CC[C@H](Oc1ccccc1OC)C(=O)Nc1ccc(S(=O)(=O)Nc2cccc(Cl)c2)cc1. The van der Waals surface area contributed by atoms with Crippen LogP contribution >= 0.6 is 11.6 Å². The van der Waals surface area contributed by atoms with Gasteiger partial charge in [0.25, 0.3) is 15.9 Å². The van der Waals surface area contributed by atoms with Gasteiger partial charge < -0.3 is 14.8 Å². The number of hydrogen-bond donors (Lipinski definition) is 2. The van der Waals surface area contributed by atoms with Gasteiger partial charge in [0.2, 0.25) is 0 Å². The van der Waals surface area contributed by atoms with E-state index >= 15 is 0 Å². The third kappa shape index (κ3) is 5.93. The van der Waals surface area contributed by atoms with Crippen molar-refractivity contribution in [2.24, 2.45) is 0 Å². The molecule has 0 aliphatic rings. The van der Waals surface area contributed by atoms with Crippen molar-refractivity contribution in [2.75, 3.05) is 17.1 Å². The molecule has 3 aromatic carbocycles. The van der Waals surface area contributed by atoms with Gasteiger partial charge in [-0.1, -0.05) is 36.7 Å². The first kappa shape index (κ1) is 23.4. The van der Waals surface area contributed by atoms with Gasteiger partial charge >= 0.3 is 0 Å². The largest absolute Gasteiger partial charge is 0.493 e. The van der Waals surface area contributed by atoms with Gasteiger partial charge in [-0.15, -0.1) is 0 Å². The Kier molecular flexibility index (Phi) is 7.61. The van der Waals surface area contributed by atoms with Crippen LogP contribution in [0, 0.1) is 0 Å². The topological polar surface area (TPSA) is 93.7 Å². The molecule has 0 bridgehead atoms. The number of hydrogen-bond acceptors (Lipinski definition) is 5. The highest BCUT2D eigenvalue weighted by Gasteiger charge is 2.21. The number of anilines is 2. The van der Waals surface area contributed by atoms with Crippen molar-refractivity contribution >= 4 is 38.9 Å². The van der Waals surface area contributed by atoms with E-state index in [0.29, 0.717) is 34.3 Å². The van der Waals surface area contributed by atoms with Crippen LogP contribution in [0.1, 0.15) is 13.3 Å². The molecule has 1 amide bonds. The maximum absolute atomic E-state index is 12.7. The van der Waals surface area contributed by atoms with Gasteiger partial charge in [-0.2, -0.15) is 0 Å². The van der Waals surface area contributed by atoms with E-state index in [1.54, 1.807) is 36.4 Å². The molecular weight excluding hydrogens is 452 g/mol. The van der Waals surface area contributed by atoms with Crippen LogP contribution in [0.5, 0.6) is 11.5 Å². The Morgan fingerprint density at radius 1 is 0.969 bits per heavy atom. The smallest absolute Gasteiger partial charge is 0.265 e. The number of sulfonamides is 1. The van der Waals surface area contributed by atoms with E-state index in [9.17, 15) is 13.2 Å². The zero-order chi connectivity index (χ0) is 23.1. The van der Waals surface area contributed by atoms with Crippen LogP contribution in [-0.2, 0) is 14.8 Å². The minimum absolute atomic E-state index is 0.0489. The summed E-state index contributed by atoms with van der Waals surface area (Å²) in [5.74, 6) is 0.636. The predicted molar refractivity (Wildman–Crippen MR) is 125 cm³/mol. The maximum atomic E-state index is 12.7. The summed E-state index contributed by atoms with van der Waals surface area (Å²) in [6.45, 7) is 1.83. The standard InChI is InChI=1S/C23H23ClN2O5S/c1-3-20(31-22-10-5-4-9-21(22)30-2)23(27)25-17-11-13-19(14-12-17)32(28,29)26-18-8-6-7-16(24)15-18/h4-15,20,26H,3H2,1-2H3,(H,25,27)/t20-/m0/s1. The van der Waals surface area contributed by atoms with Crippen molar-refractivity contribution < 1.29 is 22.7 Å². The minimum atomic E-state index is -3.80. The number of para-hydroxylation sites is 2. The fourth-order valence-corrected chi connectivity index (χ4v) is 4.14. The van der Waals surface area contributed by atoms with Crippen molar-refractivity contribution in [1.29, 1.82) is 0 Å². The molecule has 0 saturated heterocycles. The number of benzene rings is 3. The second kappa shape index (κ2) is 10.4. The normalized spacial score (nSPS) is 12.0. The molecule has 7 nitrogen and oxygen atoms in total. The summed E-state index contributed by atoms with van der Waals surface area (Å²) in [6, 6.07) is 19.3. The zero-order valence-electron chi connectivity index (χ0n) is 17.5. The lowest BCUT2D eigenvalue weighted by molar-refractivity contribution is -0.122. The van der Waals surface area contributed by atoms with Gasteiger partial charge in [0.05, 0.1) is 17.7 Å². The van der Waals surface area contributed by atoms with Gasteiger partial charge in [0, 0.05) is 10.7 Å². The molecule has 9 heteroatoms. The van der Waals surface area contributed by atoms with E-state index in [1.165, 1.54) is 37.4 Å². The number of carbonyl (C=O) groups is 1. The number of carbonyl (C=O) groups excluding carboxylic acids is 1. The fraction of sp³-hybridized carbons (Fsp3) is 0.174. The fourth-order valence-electron chi connectivity index (χ4n) is 2.90. The van der Waals surface area contributed by atoms with Crippen molar-refractivity contribution in [3.8, 4) is 11.5 Å². The highest BCUT2D eigenvalue weighted by Crippen LogP contribution is 2.28. The van der Waals surface area contributed by atoms with E-state index in [4.69, 9.17) is 21.1 Å². The lowest BCUT2D eigenvalue weighted by Crippen LogP contribution is -2.32. The lowest BCUT2D eigenvalue weighted by Gasteiger charge is -2.19. The Morgan fingerprint density at radius 3 is 2.28 bits per heavy atom. The molecule has 0 aliphatic carbocycles. The number of amides is 1. The third-order valence-electron chi connectivity index (χ3n) is 4.51. The molecule has 0 unspecified atom stereocenters. The third-order valence-corrected chi connectivity index (χ3v) is 6.14. The van der Waals surface area contributed by atoms with Gasteiger partial charge in [0.15, 0.2) is 17.6 Å². The molecule has 0 aliphatic heterocycles. The molecule has 0 fully saturated rings. The van der Waals surface area contributed by atoms with Gasteiger partial charge in [-0.25, -0.2) is 8.42 Å². The van der Waals surface area contributed by atoms with Crippen LogP contribution in [0.15, 0.2) is 77.7 Å². The Bertz CT molecular complexity index is 1180. The molecule has 1 atom stereocenters. The molecule has 0 spiro atoms. The summed E-state index contributed by atoms with van der Waals surface area (Å²) in [5, 5.41) is 3.17. The molecule has 3 rings (SSSR count). The van der Waals surface area contributed by atoms with Crippen LogP contribution in [0.4, 0.5) is 11.4 Å². The van der Waals surface area contributed by atoms with Crippen LogP contribution < -0.4 is 19.5 Å². The summed E-state index contributed by atoms with van der Waals surface area (Å²) in [4.78, 5) is 12.7. The monoisotopic (exact) mass is 474 g/mol. The molecule has 2 N–H and O–H groups in total. The number of ether oxygens (including phenoxy) is 2. The van der Waals surface area contributed by atoms with Crippen molar-refractivity contribution in [1.82, 2.24) is 0 Å². The van der Waals surface area contributed by atoms with Crippen LogP contribution in [0.3, 0.4) is 0 Å². The molecule has 168 valence electrons. The van der Waals surface area contributed by atoms with Gasteiger partial charge in [-0.3, -0.25) is 9.52 Å². The molecular formula is C23H23ClN2O5S. The quantitative estimate of drug-likeness (QED) is 0.458. The van der Waals surface area contributed by atoms with Crippen LogP contribution in [0.25, 0.3) is 0 Å². The van der Waals surface area contributed by atoms with E-state index in [2.05, 4.69) is 10.0 Å². The molecule has 0 heterocycles. The lowest BCUT2D eigenvalue weighted by atomic mass is 10.2. The highest BCUT2D eigenvalue weighted by molar-refractivity contribution is 7.92. The second-order valence-electron chi connectivity index (χ2n) is 6.80. The Morgan fingerprint density at radius 2 is 1.66 bits per heavy atom. The molecule has 0 aromatic heterocycles. The van der Waals surface area contributed by atoms with Crippen LogP contribution in [0.2, 0.25) is 5.02 Å². The van der Waals surface area contributed by atoms with Crippen molar-refractivity contribution in [2.45, 2.75) is 24.3 Å². The number of methoxy groups -OCH3 is 1. The number of nitrogens with one attached hydrogen (secondary N) is 2. The average Bonchev–Trinajstić information content (AvgIpc) is 2.77. The van der Waals surface area contributed by atoms with E-state index in [-0.39, 0.29) is 10.8 Å². The molecule has 3 aromatic rings. The molecule has 0 saturated carbocycles. The van der Waals surface area contributed by atoms with Crippen molar-refractivity contribution in [3.05, 3.63) is 77.8 Å². The molecule has 0 radical (unpaired) electrons. The molecule has 32 heavy (non-hydrogen) atoms. The summed E-state index contributed by atoms with van der Waals surface area (Å²) in [6.07, 6.45) is -0.320. The average molecular weight is 475 g/mol. The summed E-state index contributed by atoms with van der Waals surface area (Å²) >= 11 is 5.90.